The van der Waals surface area contributed by atoms with Crippen LogP contribution < -0.4 is 15.4 Å². The third-order valence-electron chi connectivity index (χ3n) is 4.09. The second kappa shape index (κ2) is 9.74. The number of rotatable bonds is 5. The Labute approximate surface area is 203 Å². The van der Waals surface area contributed by atoms with Gasteiger partial charge in [-0.15, -0.1) is 0 Å². The molecule has 3 aromatic rings. The molecule has 0 radical (unpaired) electrons. The van der Waals surface area contributed by atoms with E-state index in [-0.39, 0.29) is 32.3 Å². The number of hydrogen-bond donors (Lipinski definition) is 3. The molecule has 0 fully saturated rings. The molecule has 0 saturated carbocycles. The quantitative estimate of drug-likeness (QED) is 0.297. The van der Waals surface area contributed by atoms with Crippen molar-refractivity contribution < 1.29 is 22.5 Å². The molecule has 0 heterocycles. The smallest absolute Gasteiger partial charge is 0.323 e. The molecule has 0 bridgehead atoms. The maximum atomic E-state index is 12.5. The third-order valence-corrected chi connectivity index (χ3v) is 5.92. The summed E-state index contributed by atoms with van der Waals surface area (Å²) < 4.78 is 38.7. The first kappa shape index (κ1) is 24.4. The van der Waals surface area contributed by atoms with Gasteiger partial charge in [-0.2, -0.15) is 8.42 Å². The van der Waals surface area contributed by atoms with Gasteiger partial charge in [0.25, 0.3) is 10.1 Å². The average Bonchev–Trinajstić information content (AvgIpc) is 2.67. The van der Waals surface area contributed by atoms with Crippen molar-refractivity contribution in [1.29, 1.82) is 0 Å². The van der Waals surface area contributed by atoms with E-state index >= 15 is 0 Å². The molecule has 7 nitrogen and oxygen atoms in total. The van der Waals surface area contributed by atoms with Crippen molar-refractivity contribution in [3.8, 4) is 11.5 Å². The van der Waals surface area contributed by atoms with Crippen LogP contribution in [0, 0.1) is 6.92 Å². The molecule has 32 heavy (non-hydrogen) atoms. The van der Waals surface area contributed by atoms with Crippen LogP contribution in [0.25, 0.3) is 0 Å². The van der Waals surface area contributed by atoms with Crippen LogP contribution >= 0.6 is 46.4 Å². The summed E-state index contributed by atoms with van der Waals surface area (Å²) >= 11 is 23.9. The molecular weight excluding hydrogens is 522 g/mol. The second-order valence-electron chi connectivity index (χ2n) is 6.47. The monoisotopic (exact) mass is 534 g/mol. The van der Waals surface area contributed by atoms with E-state index in [2.05, 4.69) is 10.6 Å². The zero-order valence-corrected chi connectivity index (χ0v) is 20.0. The summed E-state index contributed by atoms with van der Waals surface area (Å²) in [6.45, 7) is 1.77. The normalized spacial score (nSPS) is 11.2. The Bertz CT molecular complexity index is 1320. The highest BCUT2D eigenvalue weighted by molar-refractivity contribution is 7.86. The van der Waals surface area contributed by atoms with Gasteiger partial charge in [0.05, 0.1) is 10.7 Å². The third kappa shape index (κ3) is 5.98. The van der Waals surface area contributed by atoms with Gasteiger partial charge >= 0.3 is 6.03 Å². The summed E-state index contributed by atoms with van der Waals surface area (Å²) in [6, 6.07) is 10.8. The number of ether oxygens (including phenoxy) is 1. The minimum absolute atomic E-state index is 0.00602. The number of halogens is 4. The molecule has 0 aliphatic carbocycles. The van der Waals surface area contributed by atoms with Crippen LogP contribution in [-0.4, -0.2) is 19.0 Å². The summed E-state index contributed by atoms with van der Waals surface area (Å²) in [5.74, 6) is -0.371. The van der Waals surface area contributed by atoms with Crippen LogP contribution in [0.3, 0.4) is 0 Å². The molecule has 3 aromatic carbocycles. The molecule has 0 atom stereocenters. The van der Waals surface area contributed by atoms with Gasteiger partial charge in [-0.1, -0.05) is 46.4 Å². The van der Waals surface area contributed by atoms with Gasteiger partial charge in [-0.25, -0.2) is 4.79 Å². The maximum Gasteiger partial charge on any atom is 0.323 e. The number of nitrogens with one attached hydrogen (secondary N) is 2. The van der Waals surface area contributed by atoms with Gasteiger partial charge in [0.2, 0.25) is 0 Å². The van der Waals surface area contributed by atoms with Gasteiger partial charge in [0.15, 0.2) is 11.5 Å². The van der Waals surface area contributed by atoms with Crippen molar-refractivity contribution in [1.82, 2.24) is 0 Å². The van der Waals surface area contributed by atoms with E-state index in [9.17, 15) is 17.8 Å². The fourth-order valence-electron chi connectivity index (χ4n) is 2.67. The lowest BCUT2D eigenvalue weighted by Gasteiger charge is -2.16. The first-order valence-corrected chi connectivity index (χ1v) is 11.7. The lowest BCUT2D eigenvalue weighted by molar-refractivity contribution is 0.262. The lowest BCUT2D eigenvalue weighted by atomic mass is 10.2. The molecule has 0 aromatic heterocycles. The maximum absolute atomic E-state index is 12.5. The Balaban J connectivity index is 1.94. The Hall–Kier alpha value is -2.20. The Morgan fingerprint density at radius 2 is 1.50 bits per heavy atom. The van der Waals surface area contributed by atoms with Gasteiger partial charge in [0, 0.05) is 20.8 Å². The molecule has 0 aliphatic rings. The fraction of sp³-hybridized carbons (Fsp3) is 0.0500. The number of amides is 2. The highest BCUT2D eigenvalue weighted by Crippen LogP contribution is 2.41. The van der Waals surface area contributed by atoms with E-state index in [4.69, 9.17) is 51.1 Å². The Morgan fingerprint density at radius 1 is 0.875 bits per heavy atom. The summed E-state index contributed by atoms with van der Waals surface area (Å²) in [5, 5.41) is 5.83. The number of carbonyl (C=O) groups is 1. The predicted molar refractivity (Wildman–Crippen MR) is 127 cm³/mol. The van der Waals surface area contributed by atoms with E-state index in [1.165, 1.54) is 24.3 Å². The minimum Gasteiger partial charge on any atom is -0.452 e. The van der Waals surface area contributed by atoms with Crippen LogP contribution in [0.4, 0.5) is 16.2 Å². The molecule has 3 rings (SSSR count). The van der Waals surface area contributed by atoms with Gasteiger partial charge in [-0.3, -0.25) is 4.55 Å². The zero-order valence-electron chi connectivity index (χ0n) is 16.1. The fourth-order valence-corrected chi connectivity index (χ4v) is 4.38. The molecule has 0 aliphatic heterocycles. The number of aryl methyl sites for hydroxylation is 1. The molecule has 12 heteroatoms. The highest BCUT2D eigenvalue weighted by Gasteiger charge is 2.23. The second-order valence-corrected chi connectivity index (χ2v) is 9.58. The Morgan fingerprint density at radius 3 is 2.16 bits per heavy atom. The minimum atomic E-state index is -4.72. The molecule has 0 unspecified atom stereocenters. The van der Waals surface area contributed by atoms with Gasteiger partial charge < -0.3 is 15.4 Å². The standard InChI is InChI=1S/C20H14Cl4N2O5S/c1-10-6-11(21)2-4-15(10)25-20(27)26-16-8-12(22)3-5-17(16)31-19-14(24)7-13(23)9-18(19)32(28,29)30/h2-9H,1H3,(H2,25,26,27)(H,28,29,30). The van der Waals surface area contributed by atoms with Crippen molar-refractivity contribution in [3.05, 3.63) is 74.2 Å². The topological polar surface area (TPSA) is 105 Å². The number of urea groups is 1. The van der Waals surface area contributed by atoms with Gasteiger partial charge in [0.1, 0.15) is 4.90 Å². The summed E-state index contributed by atoms with van der Waals surface area (Å²) in [5.41, 5.74) is 1.36. The SMILES string of the molecule is Cc1cc(Cl)ccc1NC(=O)Nc1cc(Cl)ccc1Oc1c(Cl)cc(Cl)cc1S(=O)(=O)O. The number of benzene rings is 3. The van der Waals surface area contributed by atoms with E-state index in [0.29, 0.717) is 10.7 Å². The van der Waals surface area contributed by atoms with Crippen molar-refractivity contribution in [3.63, 3.8) is 0 Å². The van der Waals surface area contributed by atoms with Crippen molar-refractivity contribution in [2.24, 2.45) is 0 Å². The van der Waals surface area contributed by atoms with E-state index in [1.54, 1.807) is 25.1 Å². The highest BCUT2D eigenvalue weighted by atomic mass is 35.5. The van der Waals surface area contributed by atoms with Crippen molar-refractivity contribution >= 4 is 73.9 Å². The number of carbonyl (C=O) groups excluding carboxylic acids is 1. The summed E-state index contributed by atoms with van der Waals surface area (Å²) in [4.78, 5) is 11.9. The molecule has 3 N–H and O–H groups in total. The summed E-state index contributed by atoms with van der Waals surface area (Å²) in [7, 11) is -4.72. The van der Waals surface area contributed by atoms with Crippen molar-refractivity contribution in [2.45, 2.75) is 11.8 Å². The molecule has 0 saturated heterocycles. The molecule has 168 valence electrons. The molecular formula is C20H14Cl4N2O5S. The van der Waals surface area contributed by atoms with Crippen LogP contribution in [0.15, 0.2) is 53.4 Å². The van der Waals surface area contributed by atoms with Gasteiger partial charge in [-0.05, 0) is 61.0 Å². The first-order valence-electron chi connectivity index (χ1n) is 8.72. The largest absolute Gasteiger partial charge is 0.452 e. The van der Waals surface area contributed by atoms with E-state index in [1.807, 2.05) is 0 Å². The number of anilines is 2. The number of hydrogen-bond acceptors (Lipinski definition) is 4. The van der Waals surface area contributed by atoms with Crippen LogP contribution in [0.1, 0.15) is 5.56 Å². The lowest BCUT2D eigenvalue weighted by Crippen LogP contribution is -2.20. The van der Waals surface area contributed by atoms with Crippen LogP contribution in [0.5, 0.6) is 11.5 Å². The average molecular weight is 536 g/mol. The molecule has 0 spiro atoms. The molecule has 2 amide bonds. The first-order chi connectivity index (χ1) is 14.9. The van der Waals surface area contributed by atoms with E-state index in [0.717, 1.165) is 11.6 Å². The predicted octanol–water partition coefficient (Wildman–Crippen LogP) is 7.29. The van der Waals surface area contributed by atoms with E-state index < -0.39 is 21.0 Å². The van der Waals surface area contributed by atoms with Crippen LogP contribution in [0.2, 0.25) is 20.1 Å². The van der Waals surface area contributed by atoms with Crippen LogP contribution in [-0.2, 0) is 10.1 Å². The summed E-state index contributed by atoms with van der Waals surface area (Å²) in [6.07, 6.45) is 0. The zero-order chi connectivity index (χ0) is 23.6. The Kier molecular flexibility index (Phi) is 7.44. The van der Waals surface area contributed by atoms with Crippen molar-refractivity contribution in [2.75, 3.05) is 10.6 Å².